The lowest BCUT2D eigenvalue weighted by Crippen LogP contribution is -2.14. The van der Waals surface area contributed by atoms with E-state index in [1.165, 1.54) is 12.8 Å². The second-order valence-corrected chi connectivity index (χ2v) is 3.26. The maximum atomic E-state index is 10.6. The molecular weight excluding hydrogens is 138 g/mol. The van der Waals surface area contributed by atoms with Crippen LogP contribution in [0.25, 0.3) is 0 Å². The Labute approximate surface area is 67.7 Å². The number of hydrogen-bond acceptors (Lipinski definition) is 2. The number of carbonyl (C=O) groups is 1. The maximum absolute atomic E-state index is 10.6. The van der Waals surface area contributed by atoms with Crippen LogP contribution < -0.4 is 5.32 Å². The molecule has 1 aliphatic rings. The number of rotatable bonds is 4. The van der Waals surface area contributed by atoms with Gasteiger partial charge >= 0.3 is 0 Å². The third kappa shape index (κ3) is 3.81. The summed E-state index contributed by atoms with van der Waals surface area (Å²) in [5, 5.41) is 3.22. The van der Waals surface area contributed by atoms with Crippen LogP contribution in [0, 0.1) is 5.92 Å². The van der Waals surface area contributed by atoms with E-state index in [1.54, 1.807) is 13.0 Å². The number of nitrogens with one attached hydrogen (secondary N) is 1. The summed E-state index contributed by atoms with van der Waals surface area (Å²) >= 11 is 0. The molecule has 1 rings (SSSR count). The van der Waals surface area contributed by atoms with Gasteiger partial charge in [0.25, 0.3) is 0 Å². The smallest absolute Gasteiger partial charge is 0.154 e. The molecule has 0 aromatic heterocycles. The van der Waals surface area contributed by atoms with E-state index in [4.69, 9.17) is 0 Å². The Bertz CT molecular complexity index is 180. The van der Waals surface area contributed by atoms with E-state index < -0.39 is 0 Å². The molecule has 2 nitrogen and oxygen atoms in total. The van der Waals surface area contributed by atoms with Crippen molar-refractivity contribution < 1.29 is 4.79 Å². The van der Waals surface area contributed by atoms with Crippen LogP contribution >= 0.6 is 0 Å². The van der Waals surface area contributed by atoms with Crippen LogP contribution in [0.5, 0.6) is 0 Å². The molecule has 1 aliphatic carbocycles. The first-order chi connectivity index (χ1) is 5.18. The zero-order chi connectivity index (χ0) is 8.27. The predicted molar refractivity (Wildman–Crippen MR) is 45.2 cm³/mol. The molecule has 1 N–H and O–H groups in total. The Balaban J connectivity index is 2.17. The first-order valence-electron chi connectivity index (χ1n) is 4.11. The molecule has 0 spiro atoms. The van der Waals surface area contributed by atoms with Gasteiger partial charge in [0, 0.05) is 12.2 Å². The minimum absolute atomic E-state index is 0.116. The number of allylic oxidation sites excluding steroid dienone is 2. The molecular formula is C9H15NO. The standard InChI is InChI=1S/C9H15NO/c1-7(5-8(2)11)10-6-9-3-4-9/h5,9-10H,3-4,6H2,1-2H3/b7-5+. The SMILES string of the molecule is CC(=O)/C=C(\C)NCC1CC1. The van der Waals surface area contributed by atoms with Crippen LogP contribution in [-0.4, -0.2) is 12.3 Å². The summed E-state index contributed by atoms with van der Waals surface area (Å²) in [5.41, 5.74) is 0.990. The van der Waals surface area contributed by atoms with E-state index >= 15 is 0 Å². The molecule has 0 aliphatic heterocycles. The molecule has 0 saturated heterocycles. The van der Waals surface area contributed by atoms with E-state index in [9.17, 15) is 4.79 Å². The molecule has 1 saturated carbocycles. The third-order valence-corrected chi connectivity index (χ3v) is 1.79. The molecule has 1 fully saturated rings. The summed E-state index contributed by atoms with van der Waals surface area (Å²) in [6, 6.07) is 0. The molecule has 0 unspecified atom stereocenters. The van der Waals surface area contributed by atoms with Crippen molar-refractivity contribution in [2.24, 2.45) is 5.92 Å². The van der Waals surface area contributed by atoms with Crippen LogP contribution in [0.1, 0.15) is 26.7 Å². The fraction of sp³-hybridized carbons (Fsp3) is 0.667. The number of hydrogen-bond donors (Lipinski definition) is 1. The molecule has 0 atom stereocenters. The lowest BCUT2D eigenvalue weighted by Gasteiger charge is -2.03. The van der Waals surface area contributed by atoms with Gasteiger partial charge in [-0.25, -0.2) is 0 Å². The Morgan fingerprint density at radius 3 is 2.64 bits per heavy atom. The van der Waals surface area contributed by atoms with Crippen molar-refractivity contribution in [3.8, 4) is 0 Å². The monoisotopic (exact) mass is 153 g/mol. The maximum Gasteiger partial charge on any atom is 0.154 e. The second-order valence-electron chi connectivity index (χ2n) is 3.26. The summed E-state index contributed by atoms with van der Waals surface area (Å²) in [5.74, 6) is 0.983. The topological polar surface area (TPSA) is 29.1 Å². The van der Waals surface area contributed by atoms with Gasteiger partial charge in [0.15, 0.2) is 5.78 Å². The first-order valence-corrected chi connectivity index (χ1v) is 4.11. The lowest BCUT2D eigenvalue weighted by atomic mass is 10.3. The number of ketones is 1. The van der Waals surface area contributed by atoms with Crippen molar-refractivity contribution in [2.75, 3.05) is 6.54 Å². The average molecular weight is 153 g/mol. The predicted octanol–water partition coefficient (Wildman–Crippen LogP) is 1.48. The van der Waals surface area contributed by atoms with E-state index in [-0.39, 0.29) is 5.78 Å². The van der Waals surface area contributed by atoms with Crippen LogP contribution in [-0.2, 0) is 4.79 Å². The molecule has 0 heterocycles. The van der Waals surface area contributed by atoms with E-state index in [0.717, 1.165) is 18.2 Å². The van der Waals surface area contributed by atoms with Gasteiger partial charge in [-0.15, -0.1) is 0 Å². The van der Waals surface area contributed by atoms with Crippen LogP contribution in [0.4, 0.5) is 0 Å². The minimum atomic E-state index is 0.116. The molecule has 11 heavy (non-hydrogen) atoms. The van der Waals surface area contributed by atoms with Gasteiger partial charge in [0.2, 0.25) is 0 Å². The second kappa shape index (κ2) is 3.56. The van der Waals surface area contributed by atoms with Crippen molar-refractivity contribution >= 4 is 5.78 Å². The highest BCUT2D eigenvalue weighted by Crippen LogP contribution is 2.27. The molecule has 0 radical (unpaired) electrons. The van der Waals surface area contributed by atoms with Gasteiger partial charge in [-0.05, 0) is 38.7 Å². The highest BCUT2D eigenvalue weighted by atomic mass is 16.1. The number of carbonyl (C=O) groups excluding carboxylic acids is 1. The van der Waals surface area contributed by atoms with Gasteiger partial charge in [0.1, 0.15) is 0 Å². The van der Waals surface area contributed by atoms with Crippen molar-refractivity contribution in [2.45, 2.75) is 26.7 Å². The Morgan fingerprint density at radius 1 is 1.55 bits per heavy atom. The highest BCUT2D eigenvalue weighted by molar-refractivity contribution is 5.87. The Morgan fingerprint density at radius 2 is 2.18 bits per heavy atom. The summed E-state index contributed by atoms with van der Waals surface area (Å²) in [4.78, 5) is 10.6. The molecule has 2 heteroatoms. The summed E-state index contributed by atoms with van der Waals surface area (Å²) in [6.07, 6.45) is 4.34. The van der Waals surface area contributed by atoms with E-state index in [2.05, 4.69) is 5.32 Å². The van der Waals surface area contributed by atoms with Crippen molar-refractivity contribution in [3.05, 3.63) is 11.8 Å². The molecule has 0 aromatic rings. The van der Waals surface area contributed by atoms with E-state index in [0.29, 0.717) is 0 Å². The molecule has 0 aromatic carbocycles. The fourth-order valence-electron chi connectivity index (χ4n) is 0.983. The summed E-state index contributed by atoms with van der Waals surface area (Å²) in [6.45, 7) is 4.54. The van der Waals surface area contributed by atoms with Gasteiger partial charge in [-0.1, -0.05) is 0 Å². The summed E-state index contributed by atoms with van der Waals surface area (Å²) in [7, 11) is 0. The molecule has 0 amide bonds. The largest absolute Gasteiger partial charge is 0.388 e. The molecule has 62 valence electrons. The van der Waals surface area contributed by atoms with Gasteiger partial charge in [0.05, 0.1) is 0 Å². The minimum Gasteiger partial charge on any atom is -0.388 e. The normalized spacial score (nSPS) is 18.2. The van der Waals surface area contributed by atoms with Crippen LogP contribution in [0.3, 0.4) is 0 Å². The van der Waals surface area contributed by atoms with Crippen molar-refractivity contribution in [3.63, 3.8) is 0 Å². The zero-order valence-electron chi connectivity index (χ0n) is 7.18. The van der Waals surface area contributed by atoms with Crippen LogP contribution in [0.2, 0.25) is 0 Å². The zero-order valence-corrected chi connectivity index (χ0v) is 7.18. The lowest BCUT2D eigenvalue weighted by molar-refractivity contribution is -0.112. The third-order valence-electron chi connectivity index (χ3n) is 1.79. The Hall–Kier alpha value is -0.790. The average Bonchev–Trinajstić information content (AvgIpc) is 2.63. The first kappa shape index (κ1) is 8.31. The highest BCUT2D eigenvalue weighted by Gasteiger charge is 2.20. The summed E-state index contributed by atoms with van der Waals surface area (Å²) < 4.78 is 0. The van der Waals surface area contributed by atoms with Crippen LogP contribution in [0.15, 0.2) is 11.8 Å². The Kier molecular flexibility index (Phi) is 2.69. The molecule has 0 bridgehead atoms. The fourth-order valence-corrected chi connectivity index (χ4v) is 0.983. The quantitative estimate of drug-likeness (QED) is 0.620. The van der Waals surface area contributed by atoms with Crippen molar-refractivity contribution in [1.82, 2.24) is 5.32 Å². The van der Waals surface area contributed by atoms with Gasteiger partial charge < -0.3 is 5.32 Å². The van der Waals surface area contributed by atoms with E-state index in [1.807, 2.05) is 6.92 Å². The van der Waals surface area contributed by atoms with Crippen molar-refractivity contribution in [1.29, 1.82) is 0 Å². The van der Waals surface area contributed by atoms with Gasteiger partial charge in [-0.3, -0.25) is 4.79 Å². The van der Waals surface area contributed by atoms with Gasteiger partial charge in [-0.2, -0.15) is 0 Å².